The van der Waals surface area contributed by atoms with E-state index in [2.05, 4.69) is 224 Å². The molecule has 5 heterocycles. The summed E-state index contributed by atoms with van der Waals surface area (Å²) in [5.41, 5.74) is 19.4. The zero-order chi connectivity index (χ0) is 68.8. The summed E-state index contributed by atoms with van der Waals surface area (Å²) < 4.78 is 94.2. The van der Waals surface area contributed by atoms with Crippen molar-refractivity contribution >= 4 is 125 Å². The molecule has 0 spiro atoms. The van der Waals surface area contributed by atoms with Gasteiger partial charge in [-0.25, -0.2) is 0 Å². The highest BCUT2D eigenvalue weighted by atomic mass is 79.9. The number of aromatic nitrogens is 5. The Morgan fingerprint density at radius 2 is 0.516 bits per heavy atom. The van der Waals surface area contributed by atoms with Crippen molar-refractivity contribution in [1.29, 1.82) is 0 Å². The van der Waals surface area contributed by atoms with Crippen LogP contribution in [-0.2, 0) is 6.42 Å². The molecule has 6 heteroatoms. The molecule has 5 nitrogen and oxygen atoms in total. The van der Waals surface area contributed by atoms with Crippen LogP contribution in [0.1, 0.15) is 24.8 Å². The number of para-hydroxylation sites is 9. The lowest BCUT2D eigenvalue weighted by molar-refractivity contribution is 1.16. The Balaban J connectivity index is 0.000000120. The van der Waals surface area contributed by atoms with Gasteiger partial charge in [-0.05, 0) is 162 Å². The third-order valence-electron chi connectivity index (χ3n) is 18.1. The molecule has 0 unspecified atom stereocenters. The van der Waals surface area contributed by atoms with Crippen LogP contribution in [-0.4, -0.2) is 22.8 Å². The van der Waals surface area contributed by atoms with Crippen LogP contribution < -0.4 is 0 Å². The Morgan fingerprint density at radius 3 is 0.923 bits per heavy atom. The standard InChI is InChI=1S/C42H27N3.C25H17N.C18H12BrN/c1-2-12-28(13-3-1)43-39-20-10-6-16-33(39)35-27-30(22-24-41(35)43)45-40-21-11-7-17-34(40)36-26-29(23-25-42(36)45)44-37-18-8-4-14-31(37)32-15-5-9-19-38(32)44;1-2-8-20-17(7-1)15-18-13-14-19(16-23(18)20)26-24-11-5-3-9-21(24)22-10-4-6-12-25(22)26;19-13-10-11-18-16(12-13)15-8-4-5-9-17(15)20(18)14-6-2-1-3-7-14/h1-27H;1-14,16H,15H2;1-12H/i1D,2D,3D,12D,13D;;1D,2D,3D,6D,7D. The number of hydrogen-bond acceptors (Lipinski definition) is 0. The monoisotopic (exact) mass is 1240 g/mol. The van der Waals surface area contributed by atoms with Gasteiger partial charge in [-0.3, -0.25) is 0 Å². The van der Waals surface area contributed by atoms with Crippen molar-refractivity contribution in [3.05, 3.63) is 343 Å². The van der Waals surface area contributed by atoms with Crippen molar-refractivity contribution in [2.24, 2.45) is 0 Å². The summed E-state index contributed by atoms with van der Waals surface area (Å²) in [5.74, 6) is 0. The maximum atomic E-state index is 8.76. The maximum Gasteiger partial charge on any atom is 0.0645 e. The molecule has 0 saturated heterocycles. The van der Waals surface area contributed by atoms with Gasteiger partial charge in [-0.2, -0.15) is 0 Å². The van der Waals surface area contributed by atoms with Gasteiger partial charge >= 0.3 is 0 Å². The number of fused-ring (bicyclic) bond motifs is 18. The minimum atomic E-state index is -0.403. The van der Waals surface area contributed by atoms with Crippen LogP contribution in [0.25, 0.3) is 149 Å². The van der Waals surface area contributed by atoms with Gasteiger partial charge in [0.25, 0.3) is 0 Å². The first-order valence-corrected chi connectivity index (χ1v) is 31.1. The summed E-state index contributed by atoms with van der Waals surface area (Å²) in [7, 11) is 0. The number of halogens is 1. The van der Waals surface area contributed by atoms with E-state index in [-0.39, 0.29) is 65.8 Å². The van der Waals surface area contributed by atoms with Crippen molar-refractivity contribution in [1.82, 2.24) is 22.8 Å². The van der Waals surface area contributed by atoms with Crippen LogP contribution in [0.3, 0.4) is 0 Å². The van der Waals surface area contributed by atoms with Crippen LogP contribution in [0, 0.1) is 0 Å². The normalized spacial score (nSPS) is 13.5. The fourth-order valence-corrected chi connectivity index (χ4v) is 14.6. The van der Waals surface area contributed by atoms with Gasteiger partial charge in [0, 0.05) is 86.8 Å². The number of benzene rings is 14. The van der Waals surface area contributed by atoms with Crippen molar-refractivity contribution in [2.75, 3.05) is 0 Å². The summed E-state index contributed by atoms with van der Waals surface area (Å²) >= 11 is 3.48. The lowest BCUT2D eigenvalue weighted by Gasteiger charge is -2.11. The van der Waals surface area contributed by atoms with Crippen LogP contribution in [0.15, 0.2) is 332 Å². The average Bonchev–Trinajstić information content (AvgIpc) is 1.58. The van der Waals surface area contributed by atoms with E-state index in [1.807, 2.05) is 72.8 Å². The zero-order valence-corrected chi connectivity index (χ0v) is 50.3. The van der Waals surface area contributed by atoms with Crippen molar-refractivity contribution in [3.63, 3.8) is 0 Å². The highest BCUT2D eigenvalue weighted by Crippen LogP contribution is 2.42. The van der Waals surface area contributed by atoms with Gasteiger partial charge in [0.1, 0.15) is 0 Å². The smallest absolute Gasteiger partial charge is 0.0645 e. The minimum absolute atomic E-state index is 0.143. The van der Waals surface area contributed by atoms with Crippen molar-refractivity contribution in [2.45, 2.75) is 6.42 Å². The Morgan fingerprint density at radius 1 is 0.231 bits per heavy atom. The molecule has 91 heavy (non-hydrogen) atoms. The molecule has 428 valence electrons. The summed E-state index contributed by atoms with van der Waals surface area (Å²) in [6.07, 6.45) is 1.04. The Hall–Kier alpha value is -11.4. The fourth-order valence-electron chi connectivity index (χ4n) is 14.3. The lowest BCUT2D eigenvalue weighted by Crippen LogP contribution is -1.96. The number of hydrogen-bond donors (Lipinski definition) is 0. The molecule has 19 aromatic rings. The van der Waals surface area contributed by atoms with E-state index in [4.69, 9.17) is 13.7 Å². The molecule has 0 saturated carbocycles. The van der Waals surface area contributed by atoms with E-state index in [1.165, 1.54) is 60.5 Å². The molecule has 0 bridgehead atoms. The maximum absolute atomic E-state index is 8.76. The third-order valence-corrected chi connectivity index (χ3v) is 18.6. The van der Waals surface area contributed by atoms with Gasteiger partial charge < -0.3 is 22.8 Å². The van der Waals surface area contributed by atoms with Crippen LogP contribution >= 0.6 is 15.9 Å². The van der Waals surface area contributed by atoms with Crippen LogP contribution in [0.4, 0.5) is 0 Å². The summed E-state index contributed by atoms with van der Waals surface area (Å²) in [6.45, 7) is 0. The van der Waals surface area contributed by atoms with E-state index < -0.39 is 6.04 Å². The summed E-state index contributed by atoms with van der Waals surface area (Å²) in [6, 6.07) is 89.7. The van der Waals surface area contributed by atoms with Gasteiger partial charge in [-0.15, -0.1) is 0 Å². The second kappa shape index (κ2) is 21.4. The SMILES string of the molecule is [2H]c1c([2H])c([2H])c(-n2c3ccccc3c3cc(-n4c5ccccc5c5cc(-n6c7ccccc7c7ccccc76)ccc54)ccc32)c([2H])c1[2H].[2H]c1c([2H])c([2H])c(-n2c3ccccc3c3cc(Br)ccc32)c([2H])c1[2H].c1ccc2c(c1)Cc1ccc(-n3c4ccccc4c4ccccc43)cc1-2. The van der Waals surface area contributed by atoms with E-state index in [0.717, 1.165) is 98.7 Å². The van der Waals surface area contributed by atoms with E-state index in [1.54, 1.807) is 9.13 Å². The lowest BCUT2D eigenvalue weighted by atomic mass is 10.1. The fraction of sp³-hybridized carbons (Fsp3) is 0.0118. The highest BCUT2D eigenvalue weighted by Gasteiger charge is 2.22. The zero-order valence-electron chi connectivity index (χ0n) is 58.7. The van der Waals surface area contributed by atoms with Gasteiger partial charge in [0.2, 0.25) is 0 Å². The van der Waals surface area contributed by atoms with Crippen LogP contribution in [0.2, 0.25) is 0 Å². The molecule has 0 radical (unpaired) electrons. The van der Waals surface area contributed by atoms with Gasteiger partial charge in [0.15, 0.2) is 0 Å². The molecular formula is C85H56BrN5. The molecule has 20 rings (SSSR count). The molecule has 0 amide bonds. The Labute approximate surface area is 547 Å². The van der Waals surface area contributed by atoms with Gasteiger partial charge in [-0.1, -0.05) is 210 Å². The average molecular weight is 1240 g/mol. The van der Waals surface area contributed by atoms with E-state index >= 15 is 0 Å². The molecule has 0 N–H and O–H groups in total. The van der Waals surface area contributed by atoms with Crippen molar-refractivity contribution < 1.29 is 13.7 Å². The first-order chi connectivity index (χ1) is 49.2. The predicted octanol–water partition coefficient (Wildman–Crippen LogP) is 22.9. The highest BCUT2D eigenvalue weighted by molar-refractivity contribution is 9.10. The molecule has 0 aliphatic heterocycles. The third kappa shape index (κ3) is 8.51. The topological polar surface area (TPSA) is 24.6 Å². The quantitative estimate of drug-likeness (QED) is 0.164. The summed E-state index contributed by atoms with van der Waals surface area (Å²) in [4.78, 5) is 0. The number of rotatable bonds is 5. The molecule has 1 aliphatic carbocycles. The predicted molar refractivity (Wildman–Crippen MR) is 387 cm³/mol. The second-order valence-electron chi connectivity index (χ2n) is 23.0. The molecule has 0 atom stereocenters. The molecular weight excluding hydrogens is 1170 g/mol. The summed E-state index contributed by atoms with van der Waals surface area (Å²) in [5, 5.41) is 11.1. The molecule has 5 aromatic heterocycles. The van der Waals surface area contributed by atoms with Crippen LogP contribution in [0.5, 0.6) is 0 Å². The molecule has 0 fully saturated rings. The minimum Gasteiger partial charge on any atom is -0.309 e. The second-order valence-corrected chi connectivity index (χ2v) is 23.9. The molecule has 14 aromatic carbocycles. The first kappa shape index (κ1) is 43.2. The first-order valence-electron chi connectivity index (χ1n) is 35.3. The number of nitrogens with zero attached hydrogens (tertiary/aromatic N) is 5. The van der Waals surface area contributed by atoms with Gasteiger partial charge in [0.05, 0.1) is 68.9 Å². The Kier molecular flexibility index (Phi) is 10.2. The van der Waals surface area contributed by atoms with E-state index in [0.29, 0.717) is 0 Å². The van der Waals surface area contributed by atoms with E-state index in [9.17, 15) is 0 Å². The largest absolute Gasteiger partial charge is 0.309 e. The Bertz CT molecular complexity index is 6570. The molecule has 1 aliphatic rings. The van der Waals surface area contributed by atoms with Crippen molar-refractivity contribution in [3.8, 4) is 39.6 Å².